The SMILES string of the molecule is Cc1nc2c(-c3ccc(F)cc3F)nc(C3CCO[C@H](c4cnn(C5CC5)c4)C3)cn2c(=O)c1Cl. The van der Waals surface area contributed by atoms with Gasteiger partial charge >= 0.3 is 0 Å². The van der Waals surface area contributed by atoms with E-state index in [1.54, 1.807) is 13.1 Å². The molecule has 2 fully saturated rings. The number of fused-ring (bicyclic) bond motifs is 1. The van der Waals surface area contributed by atoms with E-state index < -0.39 is 17.2 Å². The van der Waals surface area contributed by atoms with Gasteiger partial charge in [-0.15, -0.1) is 0 Å². The lowest BCUT2D eigenvalue weighted by Crippen LogP contribution is -2.23. The summed E-state index contributed by atoms with van der Waals surface area (Å²) in [5.41, 5.74) is 1.85. The minimum absolute atomic E-state index is 0.0116. The first-order chi connectivity index (χ1) is 16.9. The van der Waals surface area contributed by atoms with Crippen LogP contribution >= 0.6 is 11.6 Å². The molecule has 1 aliphatic heterocycles. The lowest BCUT2D eigenvalue weighted by Gasteiger charge is -2.29. The number of halogens is 3. The van der Waals surface area contributed by atoms with Crippen LogP contribution in [0.2, 0.25) is 5.02 Å². The summed E-state index contributed by atoms with van der Waals surface area (Å²) in [4.78, 5) is 22.2. The van der Waals surface area contributed by atoms with Gasteiger partial charge in [-0.3, -0.25) is 13.9 Å². The fourth-order valence-electron chi connectivity index (χ4n) is 4.66. The lowest BCUT2D eigenvalue weighted by molar-refractivity contribution is 0.00454. The largest absolute Gasteiger partial charge is 0.373 e. The first-order valence-electron chi connectivity index (χ1n) is 11.6. The summed E-state index contributed by atoms with van der Waals surface area (Å²) in [6.45, 7) is 2.11. The van der Waals surface area contributed by atoms with Gasteiger partial charge in [0, 0.05) is 42.1 Å². The van der Waals surface area contributed by atoms with E-state index in [0.717, 1.165) is 30.5 Å². The molecule has 0 N–H and O–H groups in total. The highest BCUT2D eigenvalue weighted by molar-refractivity contribution is 6.31. The van der Waals surface area contributed by atoms with E-state index in [1.165, 1.54) is 10.5 Å². The van der Waals surface area contributed by atoms with Crippen LogP contribution in [0.1, 0.15) is 60.7 Å². The molecule has 0 bridgehead atoms. The van der Waals surface area contributed by atoms with Gasteiger partial charge < -0.3 is 4.74 Å². The standard InChI is InChI=1S/C25H22ClF2N5O2/c1-13-22(26)25(34)32-12-20(31-23(24(32)30-13)18-5-2-16(27)9-19(18)28)14-6-7-35-21(8-14)15-10-29-33(11-15)17-3-4-17/h2,5,9-12,14,17,21H,3-4,6-8H2,1H3/t14?,21-/m0/s1. The zero-order valence-electron chi connectivity index (χ0n) is 18.9. The van der Waals surface area contributed by atoms with Crippen molar-refractivity contribution in [2.45, 2.75) is 50.7 Å². The van der Waals surface area contributed by atoms with Crippen molar-refractivity contribution in [3.63, 3.8) is 0 Å². The fraction of sp³-hybridized carbons (Fsp3) is 0.360. The van der Waals surface area contributed by atoms with Gasteiger partial charge in [0.2, 0.25) is 0 Å². The Morgan fingerprint density at radius 3 is 2.74 bits per heavy atom. The summed E-state index contributed by atoms with van der Waals surface area (Å²) < 4.78 is 37.8. The molecule has 1 unspecified atom stereocenters. The van der Waals surface area contributed by atoms with Crippen molar-refractivity contribution in [1.29, 1.82) is 0 Å². The van der Waals surface area contributed by atoms with E-state index in [1.807, 2.05) is 17.1 Å². The molecule has 0 amide bonds. The van der Waals surface area contributed by atoms with Crippen LogP contribution < -0.4 is 5.56 Å². The summed E-state index contributed by atoms with van der Waals surface area (Å²) in [6.07, 6.45) is 8.93. The van der Waals surface area contributed by atoms with Gasteiger partial charge in [-0.05, 0) is 44.7 Å². The first kappa shape index (κ1) is 22.3. The molecule has 35 heavy (non-hydrogen) atoms. The lowest BCUT2D eigenvalue weighted by atomic mass is 9.90. The monoisotopic (exact) mass is 497 g/mol. The number of hydrogen-bond donors (Lipinski definition) is 0. The minimum atomic E-state index is -0.782. The summed E-state index contributed by atoms with van der Waals surface area (Å²) in [5.74, 6) is -1.54. The van der Waals surface area contributed by atoms with E-state index >= 15 is 0 Å². The summed E-state index contributed by atoms with van der Waals surface area (Å²) in [5, 5.41) is 4.46. The molecule has 6 rings (SSSR count). The van der Waals surface area contributed by atoms with Gasteiger partial charge in [0.15, 0.2) is 5.65 Å². The number of hydrogen-bond acceptors (Lipinski definition) is 5. The zero-order valence-corrected chi connectivity index (χ0v) is 19.7. The average molecular weight is 498 g/mol. The Labute approximate surface area is 204 Å². The van der Waals surface area contributed by atoms with E-state index in [-0.39, 0.29) is 33.9 Å². The Morgan fingerprint density at radius 2 is 1.97 bits per heavy atom. The van der Waals surface area contributed by atoms with Gasteiger partial charge in [0.25, 0.3) is 5.56 Å². The average Bonchev–Trinajstić information content (AvgIpc) is 3.59. The van der Waals surface area contributed by atoms with Crippen LogP contribution in [0, 0.1) is 18.6 Å². The molecular weight excluding hydrogens is 476 g/mol. The Bertz CT molecular complexity index is 1510. The maximum absolute atomic E-state index is 14.8. The third-order valence-corrected chi connectivity index (χ3v) is 7.18. The van der Waals surface area contributed by atoms with Crippen molar-refractivity contribution in [3.8, 4) is 11.3 Å². The molecule has 1 saturated heterocycles. The van der Waals surface area contributed by atoms with Crippen molar-refractivity contribution in [3.05, 3.63) is 80.8 Å². The normalized spacial score (nSPS) is 20.5. The van der Waals surface area contributed by atoms with Crippen LogP contribution in [0.3, 0.4) is 0 Å². The molecule has 1 saturated carbocycles. The Morgan fingerprint density at radius 1 is 1.14 bits per heavy atom. The second-order valence-electron chi connectivity index (χ2n) is 9.21. The number of aryl methyl sites for hydroxylation is 1. The second kappa shape index (κ2) is 8.49. The van der Waals surface area contributed by atoms with Crippen molar-refractivity contribution < 1.29 is 13.5 Å². The van der Waals surface area contributed by atoms with E-state index in [0.29, 0.717) is 36.9 Å². The molecule has 180 valence electrons. The molecule has 0 radical (unpaired) electrons. The molecule has 0 spiro atoms. The number of aromatic nitrogens is 5. The molecular formula is C25H22ClF2N5O2. The van der Waals surface area contributed by atoms with E-state index in [2.05, 4.69) is 10.1 Å². The Hall–Kier alpha value is -3.17. The molecule has 1 aromatic carbocycles. The highest BCUT2D eigenvalue weighted by atomic mass is 35.5. The third-order valence-electron chi connectivity index (χ3n) is 6.74. The predicted molar refractivity (Wildman–Crippen MR) is 126 cm³/mol. The molecule has 4 aromatic rings. The minimum Gasteiger partial charge on any atom is -0.373 e. The molecule has 3 aromatic heterocycles. The summed E-state index contributed by atoms with van der Waals surface area (Å²) >= 11 is 6.21. The fourth-order valence-corrected chi connectivity index (χ4v) is 4.79. The topological polar surface area (TPSA) is 74.3 Å². The number of nitrogens with zero attached hydrogens (tertiary/aromatic N) is 5. The van der Waals surface area contributed by atoms with E-state index in [4.69, 9.17) is 21.3 Å². The van der Waals surface area contributed by atoms with Crippen LogP contribution in [0.5, 0.6) is 0 Å². The van der Waals surface area contributed by atoms with Gasteiger partial charge in [-0.1, -0.05) is 11.6 Å². The molecule has 2 atom stereocenters. The first-order valence-corrected chi connectivity index (χ1v) is 12.0. The molecule has 1 aliphatic carbocycles. The number of rotatable bonds is 4. The molecule has 10 heteroatoms. The smallest absolute Gasteiger partial charge is 0.277 e. The number of benzene rings is 1. The van der Waals surface area contributed by atoms with Gasteiger partial charge in [-0.25, -0.2) is 18.7 Å². The van der Waals surface area contributed by atoms with Gasteiger partial charge in [0.1, 0.15) is 22.4 Å². The highest BCUT2D eigenvalue weighted by Gasteiger charge is 2.30. The van der Waals surface area contributed by atoms with Gasteiger partial charge in [0.05, 0.1) is 29.7 Å². The third kappa shape index (κ3) is 4.02. The van der Waals surface area contributed by atoms with E-state index in [9.17, 15) is 13.6 Å². The molecule has 2 aliphatic rings. The van der Waals surface area contributed by atoms with Crippen LogP contribution in [0.4, 0.5) is 8.78 Å². The van der Waals surface area contributed by atoms with Gasteiger partial charge in [-0.2, -0.15) is 5.10 Å². The second-order valence-corrected chi connectivity index (χ2v) is 9.59. The predicted octanol–water partition coefficient (Wildman–Crippen LogP) is 5.16. The molecule has 7 nitrogen and oxygen atoms in total. The molecule has 4 heterocycles. The number of ether oxygens (including phenoxy) is 1. The van der Waals surface area contributed by atoms with Crippen molar-refractivity contribution in [2.24, 2.45) is 0 Å². The summed E-state index contributed by atoms with van der Waals surface area (Å²) in [7, 11) is 0. The van der Waals surface area contributed by atoms with Crippen molar-refractivity contribution >= 4 is 17.2 Å². The Balaban J connectivity index is 1.45. The van der Waals surface area contributed by atoms with Crippen LogP contribution in [-0.4, -0.2) is 30.8 Å². The van der Waals surface area contributed by atoms with Crippen molar-refractivity contribution in [2.75, 3.05) is 6.61 Å². The van der Waals surface area contributed by atoms with Crippen molar-refractivity contribution in [1.82, 2.24) is 24.1 Å². The Kier molecular flexibility index (Phi) is 5.41. The van der Waals surface area contributed by atoms with Crippen LogP contribution in [0.15, 0.2) is 41.6 Å². The maximum atomic E-state index is 14.8. The van der Waals surface area contributed by atoms with Crippen LogP contribution in [0.25, 0.3) is 16.9 Å². The quantitative estimate of drug-likeness (QED) is 0.389. The van der Waals surface area contributed by atoms with Crippen LogP contribution in [-0.2, 0) is 4.74 Å². The summed E-state index contributed by atoms with van der Waals surface area (Å²) in [6, 6.07) is 3.74. The zero-order chi connectivity index (χ0) is 24.3. The highest BCUT2D eigenvalue weighted by Crippen LogP contribution is 2.40. The maximum Gasteiger partial charge on any atom is 0.277 e.